The summed E-state index contributed by atoms with van der Waals surface area (Å²) in [4.78, 5) is 0. The molecule has 152 valence electrons. The fourth-order valence-electron chi connectivity index (χ4n) is 3.16. The molecule has 0 aromatic heterocycles. The first-order valence-corrected chi connectivity index (χ1v) is 10.8. The number of phenolic OH excluding ortho intramolecular Hbond substituents is 2. The molecule has 0 radical (unpaired) electrons. The van der Waals surface area contributed by atoms with Crippen LogP contribution in [0.25, 0.3) is 0 Å². The Hall–Kier alpha value is -1.67. The number of hydrogen-bond donors (Lipinski definition) is 3. The third kappa shape index (κ3) is 3.77. The van der Waals surface area contributed by atoms with Crippen LogP contribution in [0.15, 0.2) is 54.6 Å². The van der Waals surface area contributed by atoms with E-state index in [0.29, 0.717) is 0 Å². The van der Waals surface area contributed by atoms with Crippen molar-refractivity contribution in [2.45, 2.75) is 4.75 Å². The Balaban J connectivity index is 2.58. The predicted molar refractivity (Wildman–Crippen MR) is 114 cm³/mol. The van der Waals surface area contributed by atoms with Gasteiger partial charge in [-0.05, 0) is 47.5 Å². The average Bonchev–Trinajstić information content (AvgIpc) is 2.62. The molecule has 0 saturated heterocycles. The van der Waals surface area contributed by atoms with Gasteiger partial charge in [0.15, 0.2) is 4.75 Å². The molecule has 0 bridgehead atoms. The summed E-state index contributed by atoms with van der Waals surface area (Å²) < 4.78 is 34.0. The van der Waals surface area contributed by atoms with Gasteiger partial charge in [-0.3, -0.25) is 4.55 Å². The Morgan fingerprint density at radius 2 is 1.38 bits per heavy atom. The highest BCUT2D eigenvalue weighted by Gasteiger charge is 2.50. The molecule has 1 unspecified atom stereocenters. The van der Waals surface area contributed by atoms with Gasteiger partial charge in [-0.1, -0.05) is 64.6 Å². The third-order valence-electron chi connectivity index (χ3n) is 4.38. The van der Waals surface area contributed by atoms with E-state index in [4.69, 9.17) is 46.4 Å². The molecule has 0 aliphatic heterocycles. The molecule has 10 heteroatoms. The molecule has 29 heavy (non-hydrogen) atoms. The lowest BCUT2D eigenvalue weighted by Gasteiger charge is -2.33. The number of rotatable bonds is 4. The molecule has 3 rings (SSSR count). The summed E-state index contributed by atoms with van der Waals surface area (Å²) in [6, 6.07) is 11.4. The van der Waals surface area contributed by atoms with Gasteiger partial charge in [-0.2, -0.15) is 8.42 Å². The molecule has 0 heterocycles. The molecule has 3 N–H and O–H groups in total. The van der Waals surface area contributed by atoms with Gasteiger partial charge in [0.25, 0.3) is 10.1 Å². The monoisotopic (exact) mass is 492 g/mol. The molecule has 3 aromatic carbocycles. The van der Waals surface area contributed by atoms with Crippen LogP contribution < -0.4 is 0 Å². The molecule has 5 nitrogen and oxygen atoms in total. The minimum atomic E-state index is -5.04. The second-order valence-corrected chi connectivity index (χ2v) is 9.31. The fraction of sp³-hybridized carbons (Fsp3) is 0.0526. The second-order valence-electron chi connectivity index (χ2n) is 6.12. The first-order chi connectivity index (χ1) is 13.5. The van der Waals surface area contributed by atoms with Gasteiger partial charge in [0.1, 0.15) is 11.5 Å². The van der Waals surface area contributed by atoms with Gasteiger partial charge >= 0.3 is 0 Å². The lowest BCUT2D eigenvalue weighted by atomic mass is 9.83. The third-order valence-corrected chi connectivity index (χ3v) is 7.20. The zero-order valence-electron chi connectivity index (χ0n) is 14.3. The highest BCUT2D eigenvalue weighted by molar-refractivity contribution is 7.87. The molecule has 1 atom stereocenters. The van der Waals surface area contributed by atoms with Crippen LogP contribution >= 0.6 is 46.4 Å². The molecule has 3 aromatic rings. The number of benzene rings is 3. The summed E-state index contributed by atoms with van der Waals surface area (Å²) in [7, 11) is -5.04. The second kappa shape index (κ2) is 7.87. The van der Waals surface area contributed by atoms with E-state index >= 15 is 0 Å². The minimum absolute atomic E-state index is 0.0200. The first-order valence-electron chi connectivity index (χ1n) is 7.89. The van der Waals surface area contributed by atoms with Gasteiger partial charge < -0.3 is 10.2 Å². The molecular weight excluding hydrogens is 482 g/mol. The van der Waals surface area contributed by atoms with Crippen molar-refractivity contribution in [3.8, 4) is 11.5 Å². The minimum Gasteiger partial charge on any atom is -0.508 e. The van der Waals surface area contributed by atoms with Crippen LogP contribution in [-0.2, 0) is 14.9 Å². The zero-order chi connectivity index (χ0) is 21.6. The normalized spacial score (nSPS) is 13.8. The van der Waals surface area contributed by atoms with Crippen molar-refractivity contribution in [2.75, 3.05) is 0 Å². The predicted octanol–water partition coefficient (Wildman–Crippen LogP) is 5.89. The smallest absolute Gasteiger partial charge is 0.283 e. The van der Waals surface area contributed by atoms with Crippen LogP contribution in [0, 0.1) is 0 Å². The Bertz CT molecular complexity index is 1210. The average molecular weight is 494 g/mol. The lowest BCUT2D eigenvalue weighted by Crippen LogP contribution is -2.38. The number of phenols is 2. The summed E-state index contributed by atoms with van der Waals surface area (Å²) in [5.41, 5.74) is -0.279. The van der Waals surface area contributed by atoms with E-state index in [9.17, 15) is 23.2 Å². The maximum atomic E-state index is 12.9. The molecule has 0 aliphatic carbocycles. The SMILES string of the molecule is O=S(=O)(O)C(c1cccc(O)c1)(c1ccc(Cl)c(Cl)c1)c1cc(O)c(Cl)cc1Cl. The van der Waals surface area contributed by atoms with Crippen LogP contribution in [-0.4, -0.2) is 23.2 Å². The fourth-order valence-corrected chi connectivity index (χ4v) is 5.34. The van der Waals surface area contributed by atoms with Crippen molar-refractivity contribution in [3.63, 3.8) is 0 Å². The van der Waals surface area contributed by atoms with Crippen LogP contribution in [0.4, 0.5) is 0 Å². The van der Waals surface area contributed by atoms with Crippen LogP contribution in [0.5, 0.6) is 11.5 Å². The molecule has 0 amide bonds. The molecule has 0 aliphatic rings. The van der Waals surface area contributed by atoms with Gasteiger partial charge in [-0.25, -0.2) is 0 Å². The van der Waals surface area contributed by atoms with Crippen molar-refractivity contribution in [1.29, 1.82) is 0 Å². The molecule has 0 fully saturated rings. The summed E-state index contributed by atoms with van der Waals surface area (Å²) in [6.45, 7) is 0. The van der Waals surface area contributed by atoms with E-state index in [0.717, 1.165) is 18.2 Å². The van der Waals surface area contributed by atoms with Gasteiger partial charge in [-0.15, -0.1) is 0 Å². The highest BCUT2D eigenvalue weighted by atomic mass is 35.5. The summed E-state index contributed by atoms with van der Waals surface area (Å²) in [5.74, 6) is -0.718. The maximum Gasteiger partial charge on any atom is 0.283 e. The number of hydrogen-bond acceptors (Lipinski definition) is 4. The standard InChI is InChI=1S/C19H12Cl4O5S/c20-14-5-4-11(7-16(14)22)19(29(26,27)28,10-2-1-3-12(24)6-10)13-8-18(25)17(23)9-15(13)21/h1-9,24-25H,(H,26,27,28). The Morgan fingerprint density at radius 3 is 1.97 bits per heavy atom. The Kier molecular flexibility index (Phi) is 5.98. The summed E-state index contributed by atoms with van der Waals surface area (Å²) in [5, 5.41) is 20.0. The number of halogens is 4. The quantitative estimate of drug-likeness (QED) is 0.311. The van der Waals surface area contributed by atoms with Gasteiger partial charge in [0.05, 0.1) is 15.1 Å². The maximum absolute atomic E-state index is 12.9. The van der Waals surface area contributed by atoms with E-state index in [1.807, 2.05) is 0 Å². The molecule has 0 spiro atoms. The number of aromatic hydroxyl groups is 2. The van der Waals surface area contributed by atoms with Crippen molar-refractivity contribution in [3.05, 3.63) is 91.4 Å². The van der Waals surface area contributed by atoms with Gasteiger partial charge in [0.2, 0.25) is 0 Å². The van der Waals surface area contributed by atoms with E-state index < -0.39 is 20.6 Å². The Morgan fingerprint density at radius 1 is 0.724 bits per heavy atom. The van der Waals surface area contributed by atoms with Crippen molar-refractivity contribution in [2.24, 2.45) is 0 Å². The Labute approximate surface area is 186 Å². The lowest BCUT2D eigenvalue weighted by molar-refractivity contribution is 0.455. The molecular formula is C19H12Cl4O5S. The van der Waals surface area contributed by atoms with Gasteiger partial charge in [0, 0.05) is 10.6 Å². The van der Waals surface area contributed by atoms with Crippen molar-refractivity contribution >= 4 is 56.5 Å². The van der Waals surface area contributed by atoms with Crippen LogP contribution in [0.3, 0.4) is 0 Å². The van der Waals surface area contributed by atoms with E-state index in [1.54, 1.807) is 0 Å². The van der Waals surface area contributed by atoms with Crippen LogP contribution in [0.2, 0.25) is 20.1 Å². The summed E-state index contributed by atoms with van der Waals surface area (Å²) in [6.07, 6.45) is 0. The van der Waals surface area contributed by atoms with E-state index in [-0.39, 0.29) is 42.5 Å². The largest absolute Gasteiger partial charge is 0.508 e. The summed E-state index contributed by atoms with van der Waals surface area (Å²) >= 11 is 24.3. The van der Waals surface area contributed by atoms with Crippen molar-refractivity contribution in [1.82, 2.24) is 0 Å². The highest BCUT2D eigenvalue weighted by Crippen LogP contribution is 2.49. The van der Waals surface area contributed by atoms with Crippen LogP contribution in [0.1, 0.15) is 16.7 Å². The zero-order valence-corrected chi connectivity index (χ0v) is 18.1. The van der Waals surface area contributed by atoms with Crippen molar-refractivity contribution < 1.29 is 23.2 Å². The topological polar surface area (TPSA) is 94.8 Å². The van der Waals surface area contributed by atoms with E-state index in [2.05, 4.69) is 0 Å². The molecule has 0 saturated carbocycles. The van der Waals surface area contributed by atoms with E-state index in [1.165, 1.54) is 36.4 Å². The first kappa shape index (κ1) is 22.0.